The summed E-state index contributed by atoms with van der Waals surface area (Å²) >= 11 is 14.7. The highest BCUT2D eigenvalue weighted by Crippen LogP contribution is 2.46. The number of halogens is 2. The van der Waals surface area contributed by atoms with Gasteiger partial charge in [-0.2, -0.15) is 0 Å². The monoisotopic (exact) mass is 918 g/mol. The van der Waals surface area contributed by atoms with Gasteiger partial charge in [-0.25, -0.2) is 4.79 Å². The van der Waals surface area contributed by atoms with E-state index in [9.17, 15) is 14.7 Å². The molecule has 3 aromatic heterocycles. The molecule has 3 fully saturated rings. The van der Waals surface area contributed by atoms with Crippen molar-refractivity contribution in [2.24, 2.45) is 4.99 Å². The summed E-state index contributed by atoms with van der Waals surface area (Å²) in [5.74, 6) is 0.618. The molecule has 10 rings (SSSR count). The van der Waals surface area contributed by atoms with Gasteiger partial charge in [0, 0.05) is 82.5 Å². The van der Waals surface area contributed by atoms with E-state index in [2.05, 4.69) is 67.7 Å². The van der Waals surface area contributed by atoms with Gasteiger partial charge < -0.3 is 24.6 Å². The quantitative estimate of drug-likeness (QED) is 0.132. The standard InChI is InChI=1S/C49H52Cl2N8O4S/c1-29-30(2)64-47-44(29)45(33-7-11-35(50)12-8-33)53-42(46-55-54-31(3)59(46)47)27-43(60)58-21-19-57(20-22-58)36-13-17-56(18-14-36)23-24-63-49(15-4-16-49)34-9-5-32(6-10-34)37-25-38-39(48(61)62)28-52-41(38)26-40(37)51/h5-12,25-26,28,36,42,52H,4,13-24,27H2,1-3H3,(H,61,62)/t42-/m0/s1. The number of rotatable bonds is 11. The summed E-state index contributed by atoms with van der Waals surface area (Å²) in [6.07, 6.45) is 7.08. The number of thiophene rings is 1. The van der Waals surface area contributed by atoms with Gasteiger partial charge in [0.25, 0.3) is 0 Å². The van der Waals surface area contributed by atoms with Crippen LogP contribution in [0.4, 0.5) is 0 Å². The minimum absolute atomic E-state index is 0.0965. The number of carbonyl (C=O) groups is 2. The molecule has 6 aromatic rings. The number of H-pyrrole nitrogens is 1. The fraction of sp³-hybridized carbons (Fsp3) is 0.408. The number of aromatic amines is 1. The van der Waals surface area contributed by atoms with Crippen molar-refractivity contribution in [3.8, 4) is 16.1 Å². The number of benzene rings is 3. The van der Waals surface area contributed by atoms with Crippen LogP contribution >= 0.6 is 34.5 Å². The lowest BCUT2D eigenvalue weighted by Gasteiger charge is -2.44. The number of carboxylic acids is 1. The summed E-state index contributed by atoms with van der Waals surface area (Å²) in [6.45, 7) is 13.0. The van der Waals surface area contributed by atoms with Gasteiger partial charge in [-0.15, -0.1) is 21.5 Å². The molecular formula is C49H52Cl2N8O4S. The third-order valence-electron chi connectivity index (χ3n) is 14.1. The number of likely N-dealkylation sites (tertiary alicyclic amines) is 1. The second kappa shape index (κ2) is 17.5. The molecule has 1 amide bonds. The van der Waals surface area contributed by atoms with E-state index < -0.39 is 12.0 Å². The number of aliphatic imine (C=N–C) groups is 1. The molecule has 2 N–H and O–H groups in total. The fourth-order valence-corrected chi connectivity index (χ4v) is 11.8. The number of hydrogen-bond donors (Lipinski definition) is 2. The predicted octanol–water partition coefficient (Wildman–Crippen LogP) is 9.39. The number of fused-ring (bicyclic) bond motifs is 4. The number of aromatic carboxylic acids is 1. The van der Waals surface area contributed by atoms with E-state index in [1.54, 1.807) is 17.4 Å². The highest BCUT2D eigenvalue weighted by Gasteiger charge is 2.40. The molecule has 2 saturated heterocycles. The fourth-order valence-electron chi connectivity index (χ4n) is 10.2. The predicted molar refractivity (Wildman–Crippen MR) is 253 cm³/mol. The molecule has 3 aliphatic heterocycles. The van der Waals surface area contributed by atoms with Gasteiger partial charge in [-0.05, 0) is 107 Å². The molecule has 3 aromatic carbocycles. The summed E-state index contributed by atoms with van der Waals surface area (Å²) in [7, 11) is 0. The van der Waals surface area contributed by atoms with Crippen molar-refractivity contribution in [3.63, 3.8) is 0 Å². The summed E-state index contributed by atoms with van der Waals surface area (Å²) in [5, 5.41) is 21.6. The van der Waals surface area contributed by atoms with Gasteiger partial charge in [0.2, 0.25) is 5.91 Å². The molecule has 64 heavy (non-hydrogen) atoms. The van der Waals surface area contributed by atoms with Crippen molar-refractivity contribution < 1.29 is 19.4 Å². The van der Waals surface area contributed by atoms with Crippen LogP contribution in [0.15, 0.2) is 71.9 Å². The number of hydrogen-bond acceptors (Lipinski definition) is 9. The lowest BCUT2D eigenvalue weighted by atomic mass is 9.74. The minimum Gasteiger partial charge on any atom is -0.478 e. The molecule has 0 bridgehead atoms. The van der Waals surface area contributed by atoms with Gasteiger partial charge in [0.15, 0.2) is 5.82 Å². The van der Waals surface area contributed by atoms with E-state index in [1.807, 2.05) is 42.2 Å². The van der Waals surface area contributed by atoms with E-state index in [1.165, 1.54) is 22.2 Å². The number of carbonyl (C=O) groups excluding carboxylic acids is 1. The lowest BCUT2D eigenvalue weighted by Crippen LogP contribution is -2.54. The Kier molecular flexibility index (Phi) is 11.8. The molecule has 0 spiro atoms. The number of amides is 1. The molecule has 1 atom stereocenters. The molecule has 0 unspecified atom stereocenters. The average molecular weight is 920 g/mol. The van der Waals surface area contributed by atoms with E-state index in [4.69, 9.17) is 32.9 Å². The van der Waals surface area contributed by atoms with Crippen LogP contribution in [0.3, 0.4) is 0 Å². The van der Waals surface area contributed by atoms with Crippen molar-refractivity contribution in [2.45, 2.75) is 77.0 Å². The van der Waals surface area contributed by atoms with Crippen LogP contribution < -0.4 is 0 Å². The van der Waals surface area contributed by atoms with Gasteiger partial charge in [0.05, 0.1) is 34.9 Å². The maximum atomic E-state index is 14.1. The molecule has 0 radical (unpaired) electrons. The van der Waals surface area contributed by atoms with E-state index in [0.717, 1.165) is 104 Å². The second-order valence-corrected chi connectivity index (χ2v) is 19.8. The Morgan fingerprint density at radius 1 is 0.922 bits per heavy atom. The first kappa shape index (κ1) is 43.0. The Hall–Kier alpha value is -4.89. The molecule has 1 saturated carbocycles. The number of aryl methyl sites for hydroxylation is 2. The van der Waals surface area contributed by atoms with Crippen LogP contribution in [0.5, 0.6) is 0 Å². The van der Waals surface area contributed by atoms with Crippen LogP contribution in [-0.4, -0.2) is 116 Å². The maximum Gasteiger partial charge on any atom is 0.337 e. The summed E-state index contributed by atoms with van der Waals surface area (Å²) in [6, 6.07) is 19.9. The Bertz CT molecular complexity index is 2760. The Morgan fingerprint density at radius 3 is 2.33 bits per heavy atom. The lowest BCUT2D eigenvalue weighted by molar-refractivity contribution is -0.133. The number of nitrogens with zero attached hydrogens (tertiary/aromatic N) is 7. The summed E-state index contributed by atoms with van der Waals surface area (Å²) in [5.41, 5.74) is 7.65. The second-order valence-electron chi connectivity index (χ2n) is 17.8. The normalized spacial score (nSPS) is 19.2. The number of piperazine rings is 1. The van der Waals surface area contributed by atoms with Gasteiger partial charge in [-0.1, -0.05) is 59.6 Å². The summed E-state index contributed by atoms with van der Waals surface area (Å²) < 4.78 is 8.83. The van der Waals surface area contributed by atoms with Crippen LogP contribution in [0.1, 0.15) is 93.7 Å². The topological polar surface area (TPSA) is 132 Å². The minimum atomic E-state index is -0.971. The van der Waals surface area contributed by atoms with Crippen molar-refractivity contribution in [3.05, 3.63) is 121 Å². The third kappa shape index (κ3) is 7.98. The first-order chi connectivity index (χ1) is 31.0. The van der Waals surface area contributed by atoms with Crippen LogP contribution in [0.25, 0.3) is 27.0 Å². The van der Waals surface area contributed by atoms with Crippen LogP contribution in [-0.2, 0) is 15.1 Å². The summed E-state index contributed by atoms with van der Waals surface area (Å²) in [4.78, 5) is 42.6. The number of piperidine rings is 1. The van der Waals surface area contributed by atoms with Crippen molar-refractivity contribution >= 4 is 63.0 Å². The largest absolute Gasteiger partial charge is 0.478 e. The maximum absolute atomic E-state index is 14.1. The van der Waals surface area contributed by atoms with Crippen LogP contribution in [0.2, 0.25) is 10.0 Å². The SMILES string of the molecule is Cc1sc2c(c1C)C(c1ccc(Cl)cc1)=N[C@@H](CC(=O)N1CCN(C3CCN(CCOC4(c5ccc(-c6cc7c(C(=O)O)c[nH]c7cc6Cl)cc5)CCC4)CC3)CC1)c1nnc(C)n1-2. The molecule has 332 valence electrons. The highest BCUT2D eigenvalue weighted by molar-refractivity contribution is 7.15. The first-order valence-electron chi connectivity index (χ1n) is 22.4. The molecular weight excluding hydrogens is 868 g/mol. The average Bonchev–Trinajstić information content (AvgIpc) is 3.94. The number of nitrogens with one attached hydrogen (secondary N) is 1. The van der Waals surface area contributed by atoms with Gasteiger partial charge >= 0.3 is 5.97 Å². The molecule has 1 aliphatic carbocycles. The molecule has 4 aliphatic rings. The highest BCUT2D eigenvalue weighted by atomic mass is 35.5. The van der Waals surface area contributed by atoms with Gasteiger partial charge in [-0.3, -0.25) is 19.3 Å². The van der Waals surface area contributed by atoms with E-state index >= 15 is 0 Å². The van der Waals surface area contributed by atoms with E-state index in [0.29, 0.717) is 52.5 Å². The van der Waals surface area contributed by atoms with Crippen molar-refractivity contribution in [1.82, 2.24) is 34.4 Å². The number of aromatic nitrogens is 4. The smallest absolute Gasteiger partial charge is 0.337 e. The van der Waals surface area contributed by atoms with Crippen molar-refractivity contribution in [1.29, 1.82) is 0 Å². The molecule has 15 heteroatoms. The Labute approximate surface area is 386 Å². The van der Waals surface area contributed by atoms with Crippen molar-refractivity contribution in [2.75, 3.05) is 52.4 Å². The zero-order valence-electron chi connectivity index (χ0n) is 36.4. The number of carboxylic acid groups (broad SMARTS) is 1. The molecule has 6 heterocycles. The van der Waals surface area contributed by atoms with Gasteiger partial charge in [0.1, 0.15) is 16.9 Å². The third-order valence-corrected chi connectivity index (χ3v) is 15.9. The zero-order valence-corrected chi connectivity index (χ0v) is 38.7. The van der Waals surface area contributed by atoms with Crippen LogP contribution in [0, 0.1) is 20.8 Å². The zero-order chi connectivity index (χ0) is 44.3. The molecule has 12 nitrogen and oxygen atoms in total. The Morgan fingerprint density at radius 2 is 1.64 bits per heavy atom. The van der Waals surface area contributed by atoms with E-state index in [-0.39, 0.29) is 23.5 Å². The number of ether oxygens (including phenoxy) is 1. The Balaban J connectivity index is 0.723. The first-order valence-corrected chi connectivity index (χ1v) is 23.9.